The first-order valence-electron chi connectivity index (χ1n) is 13.2. The van der Waals surface area contributed by atoms with Gasteiger partial charge in [0, 0.05) is 49.9 Å². The fraction of sp³-hybridized carbons (Fsp3) is 0.333. The number of piperidine rings is 2. The van der Waals surface area contributed by atoms with Gasteiger partial charge in [-0.2, -0.15) is 0 Å². The predicted molar refractivity (Wildman–Crippen MR) is 141 cm³/mol. The number of carbonyl (C=O) groups excluding carboxylic acids is 3. The number of para-hydroxylation sites is 1. The van der Waals surface area contributed by atoms with E-state index in [1.165, 1.54) is 5.56 Å². The number of pyridine rings is 1. The van der Waals surface area contributed by atoms with Crippen LogP contribution in [0, 0.1) is 0 Å². The van der Waals surface area contributed by atoms with Crippen molar-refractivity contribution in [1.82, 2.24) is 20.1 Å². The van der Waals surface area contributed by atoms with E-state index in [0.717, 1.165) is 55.0 Å². The molecule has 0 saturated carbocycles. The quantitative estimate of drug-likeness (QED) is 0.510. The molecule has 0 aliphatic carbocycles. The average Bonchev–Trinajstić information content (AvgIpc) is 3.26. The van der Waals surface area contributed by atoms with Crippen LogP contribution in [0.2, 0.25) is 0 Å². The third-order valence-corrected chi connectivity index (χ3v) is 7.63. The van der Waals surface area contributed by atoms with Crippen molar-refractivity contribution in [2.24, 2.45) is 0 Å². The number of nitrogens with zero attached hydrogens (tertiary/aromatic N) is 3. The van der Waals surface area contributed by atoms with E-state index < -0.39 is 11.9 Å². The van der Waals surface area contributed by atoms with E-state index in [0.29, 0.717) is 18.5 Å². The van der Waals surface area contributed by atoms with E-state index in [2.05, 4.69) is 27.3 Å². The Morgan fingerprint density at radius 3 is 2.55 bits per heavy atom. The number of hydrogen-bond acceptors (Lipinski definition) is 6. The normalized spacial score (nSPS) is 20.4. The number of fused-ring (bicyclic) bond motifs is 1. The molecule has 2 fully saturated rings. The number of benzene rings is 2. The number of rotatable bonds is 6. The second kappa shape index (κ2) is 10.4. The summed E-state index contributed by atoms with van der Waals surface area (Å²) in [6.45, 7) is 3.16. The monoisotopic (exact) mass is 510 g/mol. The summed E-state index contributed by atoms with van der Waals surface area (Å²) in [4.78, 5) is 45.5. The minimum atomic E-state index is -0.611. The van der Waals surface area contributed by atoms with Crippen molar-refractivity contribution in [1.29, 1.82) is 0 Å². The maximum atomic E-state index is 13.0. The summed E-state index contributed by atoms with van der Waals surface area (Å²) >= 11 is 0. The van der Waals surface area contributed by atoms with Crippen LogP contribution in [0.4, 0.5) is 0 Å². The van der Waals surface area contributed by atoms with Gasteiger partial charge in [0.25, 0.3) is 5.91 Å². The molecule has 3 aromatic rings. The summed E-state index contributed by atoms with van der Waals surface area (Å²) in [5, 5.41) is 2.35. The number of ether oxygens (including phenoxy) is 1. The summed E-state index contributed by atoms with van der Waals surface area (Å²) in [5.41, 5.74) is 4.48. The van der Waals surface area contributed by atoms with Crippen LogP contribution in [0.3, 0.4) is 0 Å². The average molecular weight is 511 g/mol. The Morgan fingerprint density at radius 2 is 1.76 bits per heavy atom. The molecule has 1 aromatic heterocycles. The minimum absolute atomic E-state index is 0.164. The second-order valence-corrected chi connectivity index (χ2v) is 10.2. The van der Waals surface area contributed by atoms with Crippen molar-refractivity contribution in [2.75, 3.05) is 13.1 Å². The molecule has 3 amide bonds. The molecular formula is C30H30N4O4. The molecule has 2 saturated heterocycles. The number of likely N-dealkylation sites (tertiary alicyclic amines) is 1. The zero-order chi connectivity index (χ0) is 26.1. The number of carbonyl (C=O) groups is 3. The Bertz CT molecular complexity index is 1370. The number of amides is 3. The summed E-state index contributed by atoms with van der Waals surface area (Å²) in [5.74, 6) is 0.0876. The highest BCUT2D eigenvalue weighted by Crippen LogP contribution is 2.31. The highest BCUT2D eigenvalue weighted by atomic mass is 16.5. The van der Waals surface area contributed by atoms with Gasteiger partial charge in [-0.25, -0.2) is 0 Å². The maximum Gasteiger partial charge on any atom is 0.255 e. The van der Waals surface area contributed by atoms with Crippen LogP contribution < -0.4 is 10.1 Å². The van der Waals surface area contributed by atoms with E-state index in [9.17, 15) is 14.4 Å². The fourth-order valence-corrected chi connectivity index (χ4v) is 5.60. The van der Waals surface area contributed by atoms with Gasteiger partial charge >= 0.3 is 0 Å². The summed E-state index contributed by atoms with van der Waals surface area (Å²) in [6, 6.07) is 19.3. The molecule has 1 N–H and O–H groups in total. The molecule has 0 bridgehead atoms. The Kier molecular flexibility index (Phi) is 6.64. The Labute approximate surface area is 221 Å². The van der Waals surface area contributed by atoms with Crippen LogP contribution in [0.15, 0.2) is 66.9 Å². The molecule has 6 rings (SSSR count). The standard InChI is InChI=1S/C30H30N4O4/c35-28-9-8-27(29(36)32-28)34-19-22-17-21(6-7-25(22)30(34)37)26-16-20(10-13-31-26)18-33-14-11-24(12-15-33)38-23-4-2-1-3-5-23/h1-7,10,13,16-17,24,27H,8-9,11-12,14-15,18-19H2,(H,32,35,36). The van der Waals surface area contributed by atoms with E-state index in [-0.39, 0.29) is 24.3 Å². The SMILES string of the molecule is O=C1CCC(N2Cc3cc(-c4cc(CN5CCC(Oc6ccccc6)CC5)ccn4)ccc3C2=O)C(=O)N1. The van der Waals surface area contributed by atoms with Gasteiger partial charge in [0.1, 0.15) is 17.9 Å². The van der Waals surface area contributed by atoms with Gasteiger partial charge in [-0.3, -0.25) is 29.6 Å². The molecule has 0 radical (unpaired) electrons. The molecule has 2 aromatic carbocycles. The summed E-state index contributed by atoms with van der Waals surface area (Å²) in [7, 11) is 0. The van der Waals surface area contributed by atoms with Gasteiger partial charge in [0.05, 0.1) is 5.69 Å². The molecule has 3 aliphatic heterocycles. The molecule has 1 atom stereocenters. The molecule has 38 heavy (non-hydrogen) atoms. The van der Waals surface area contributed by atoms with Crippen molar-refractivity contribution in [3.63, 3.8) is 0 Å². The van der Waals surface area contributed by atoms with Crippen LogP contribution in [0.25, 0.3) is 11.3 Å². The molecule has 8 heteroatoms. The van der Waals surface area contributed by atoms with E-state index >= 15 is 0 Å². The van der Waals surface area contributed by atoms with Crippen molar-refractivity contribution in [2.45, 2.75) is 50.9 Å². The summed E-state index contributed by atoms with van der Waals surface area (Å²) < 4.78 is 6.13. The van der Waals surface area contributed by atoms with Gasteiger partial charge < -0.3 is 9.64 Å². The minimum Gasteiger partial charge on any atom is -0.490 e. The smallest absolute Gasteiger partial charge is 0.255 e. The van der Waals surface area contributed by atoms with E-state index in [1.807, 2.05) is 54.7 Å². The first-order chi connectivity index (χ1) is 18.5. The second-order valence-electron chi connectivity index (χ2n) is 10.2. The maximum absolute atomic E-state index is 13.0. The first kappa shape index (κ1) is 24.3. The van der Waals surface area contributed by atoms with Crippen LogP contribution in [-0.2, 0) is 22.7 Å². The number of hydrogen-bond donors (Lipinski definition) is 1. The Balaban J connectivity index is 1.10. The number of imide groups is 1. The van der Waals surface area contributed by atoms with Gasteiger partial charge in [0.15, 0.2) is 0 Å². The van der Waals surface area contributed by atoms with E-state index in [1.54, 1.807) is 4.90 Å². The van der Waals surface area contributed by atoms with Gasteiger partial charge in [-0.15, -0.1) is 0 Å². The fourth-order valence-electron chi connectivity index (χ4n) is 5.60. The lowest BCUT2D eigenvalue weighted by Gasteiger charge is -2.32. The topological polar surface area (TPSA) is 91.8 Å². The van der Waals surface area contributed by atoms with E-state index in [4.69, 9.17) is 4.74 Å². The Hall–Kier alpha value is -4.04. The third-order valence-electron chi connectivity index (χ3n) is 7.63. The lowest BCUT2D eigenvalue weighted by Crippen LogP contribution is -2.52. The molecular weight excluding hydrogens is 480 g/mol. The summed E-state index contributed by atoms with van der Waals surface area (Å²) in [6.07, 6.45) is 4.68. The lowest BCUT2D eigenvalue weighted by atomic mass is 10.0. The molecule has 8 nitrogen and oxygen atoms in total. The molecule has 1 unspecified atom stereocenters. The van der Waals surface area contributed by atoms with Gasteiger partial charge in [-0.05, 0) is 66.8 Å². The highest BCUT2D eigenvalue weighted by Gasteiger charge is 2.39. The zero-order valence-corrected chi connectivity index (χ0v) is 21.1. The van der Waals surface area contributed by atoms with Crippen molar-refractivity contribution in [3.05, 3.63) is 83.6 Å². The third kappa shape index (κ3) is 5.04. The first-order valence-corrected chi connectivity index (χ1v) is 13.2. The van der Waals surface area contributed by atoms with Crippen LogP contribution in [0.1, 0.15) is 47.2 Å². The van der Waals surface area contributed by atoms with Gasteiger partial charge in [-0.1, -0.05) is 24.3 Å². The van der Waals surface area contributed by atoms with Gasteiger partial charge in [0.2, 0.25) is 11.8 Å². The van der Waals surface area contributed by atoms with Crippen molar-refractivity contribution >= 4 is 17.7 Å². The van der Waals surface area contributed by atoms with Crippen LogP contribution in [0.5, 0.6) is 5.75 Å². The van der Waals surface area contributed by atoms with Crippen molar-refractivity contribution in [3.8, 4) is 17.0 Å². The predicted octanol–water partition coefficient (Wildman–Crippen LogP) is 3.55. The van der Waals surface area contributed by atoms with Crippen LogP contribution in [-0.4, -0.2) is 57.7 Å². The zero-order valence-electron chi connectivity index (χ0n) is 21.1. The number of nitrogens with one attached hydrogen (secondary N) is 1. The molecule has 0 spiro atoms. The Morgan fingerprint density at radius 1 is 0.947 bits per heavy atom. The molecule has 3 aliphatic rings. The largest absolute Gasteiger partial charge is 0.490 e. The van der Waals surface area contributed by atoms with Crippen LogP contribution >= 0.6 is 0 Å². The highest BCUT2D eigenvalue weighted by molar-refractivity contribution is 6.05. The molecule has 194 valence electrons. The molecule has 4 heterocycles. The number of aromatic nitrogens is 1. The lowest BCUT2D eigenvalue weighted by molar-refractivity contribution is -0.136. The van der Waals surface area contributed by atoms with Crippen molar-refractivity contribution < 1.29 is 19.1 Å².